The van der Waals surface area contributed by atoms with Crippen LogP contribution >= 0.6 is 31.9 Å². The lowest BCUT2D eigenvalue weighted by molar-refractivity contribution is 0.414. The Kier molecular flexibility index (Phi) is 3.79. The Bertz CT molecular complexity index is 509. The van der Waals surface area contributed by atoms with Gasteiger partial charge in [-0.05, 0) is 36.4 Å². The zero-order valence-corrected chi connectivity index (χ0v) is 11.6. The summed E-state index contributed by atoms with van der Waals surface area (Å²) in [6.45, 7) is 0. The van der Waals surface area contributed by atoms with Gasteiger partial charge in [0.2, 0.25) is 0 Å². The molecule has 0 saturated heterocycles. The minimum atomic E-state index is -0.554. The molecule has 2 aromatic carbocycles. The van der Waals surface area contributed by atoms with Crippen molar-refractivity contribution >= 4 is 31.9 Å². The van der Waals surface area contributed by atoms with Crippen LogP contribution < -0.4 is 4.74 Å². The maximum atomic E-state index is 13.5. The van der Waals surface area contributed by atoms with Crippen LogP contribution in [-0.4, -0.2) is 0 Å². The summed E-state index contributed by atoms with van der Waals surface area (Å²) in [5, 5.41) is 0. The van der Waals surface area contributed by atoms with Crippen molar-refractivity contribution in [2.24, 2.45) is 0 Å². The summed E-state index contributed by atoms with van der Waals surface area (Å²) in [5.74, 6) is -1.15. The number of halogens is 4. The standard InChI is InChI=1S/C12H6Br2F2O/c13-7-1-3-11(9(15)5-7)17-12-4-2-8(14)6-10(12)16/h1-6H. The third-order valence-electron chi connectivity index (χ3n) is 2.01. The van der Waals surface area contributed by atoms with E-state index in [1.807, 2.05) is 0 Å². The van der Waals surface area contributed by atoms with Crippen LogP contribution in [0.3, 0.4) is 0 Å². The van der Waals surface area contributed by atoms with Crippen molar-refractivity contribution in [3.8, 4) is 11.5 Å². The monoisotopic (exact) mass is 362 g/mol. The molecule has 1 nitrogen and oxygen atoms in total. The molecule has 0 bridgehead atoms. The molecule has 0 atom stereocenters. The molecular formula is C12H6Br2F2O. The second kappa shape index (κ2) is 5.14. The van der Waals surface area contributed by atoms with Gasteiger partial charge in [0.1, 0.15) is 0 Å². The summed E-state index contributed by atoms with van der Waals surface area (Å²) in [6.07, 6.45) is 0. The minimum absolute atomic E-state index is 0.0191. The van der Waals surface area contributed by atoms with E-state index in [1.165, 1.54) is 24.3 Å². The van der Waals surface area contributed by atoms with E-state index >= 15 is 0 Å². The van der Waals surface area contributed by atoms with Gasteiger partial charge in [-0.1, -0.05) is 31.9 Å². The van der Waals surface area contributed by atoms with E-state index in [0.717, 1.165) is 0 Å². The van der Waals surface area contributed by atoms with E-state index in [9.17, 15) is 8.78 Å². The van der Waals surface area contributed by atoms with Crippen LogP contribution in [0, 0.1) is 11.6 Å². The first-order valence-electron chi connectivity index (χ1n) is 4.64. The molecule has 0 aromatic heterocycles. The van der Waals surface area contributed by atoms with Crippen LogP contribution in [0.1, 0.15) is 0 Å². The van der Waals surface area contributed by atoms with Gasteiger partial charge < -0.3 is 4.74 Å². The molecule has 0 fully saturated rings. The SMILES string of the molecule is Fc1cc(Br)ccc1Oc1ccc(Br)cc1F. The van der Waals surface area contributed by atoms with Gasteiger partial charge in [0.15, 0.2) is 23.1 Å². The number of ether oxygens (including phenoxy) is 1. The molecule has 5 heteroatoms. The number of rotatable bonds is 2. The zero-order valence-electron chi connectivity index (χ0n) is 8.38. The summed E-state index contributed by atoms with van der Waals surface area (Å²) in [4.78, 5) is 0. The maximum Gasteiger partial charge on any atom is 0.166 e. The quantitative estimate of drug-likeness (QED) is 0.705. The van der Waals surface area contributed by atoms with Crippen molar-refractivity contribution in [3.05, 3.63) is 57.0 Å². The average molecular weight is 364 g/mol. The molecule has 17 heavy (non-hydrogen) atoms. The highest BCUT2D eigenvalue weighted by Gasteiger charge is 2.09. The Morgan fingerprint density at radius 3 is 1.53 bits per heavy atom. The van der Waals surface area contributed by atoms with Crippen LogP contribution in [0.5, 0.6) is 11.5 Å². The molecule has 0 heterocycles. The fraction of sp³-hybridized carbons (Fsp3) is 0. The summed E-state index contributed by atoms with van der Waals surface area (Å²) in [5.41, 5.74) is 0. The van der Waals surface area contributed by atoms with E-state index < -0.39 is 11.6 Å². The van der Waals surface area contributed by atoms with Crippen molar-refractivity contribution < 1.29 is 13.5 Å². The van der Waals surface area contributed by atoms with Gasteiger partial charge in [-0.15, -0.1) is 0 Å². The number of hydrogen-bond acceptors (Lipinski definition) is 1. The Morgan fingerprint density at radius 2 is 1.18 bits per heavy atom. The van der Waals surface area contributed by atoms with Gasteiger partial charge in [0.25, 0.3) is 0 Å². The highest BCUT2D eigenvalue weighted by atomic mass is 79.9. The first kappa shape index (κ1) is 12.5. The predicted octanol–water partition coefficient (Wildman–Crippen LogP) is 5.28. The third-order valence-corrected chi connectivity index (χ3v) is 2.99. The summed E-state index contributed by atoms with van der Waals surface area (Å²) in [6, 6.07) is 8.62. The number of benzene rings is 2. The average Bonchev–Trinajstić information content (AvgIpc) is 2.25. The lowest BCUT2D eigenvalue weighted by Gasteiger charge is -2.08. The highest BCUT2D eigenvalue weighted by molar-refractivity contribution is 9.10. The Labute approximate surface area is 114 Å². The molecule has 0 aliphatic rings. The molecule has 2 aromatic rings. The normalized spacial score (nSPS) is 10.4. The maximum absolute atomic E-state index is 13.5. The molecular weight excluding hydrogens is 358 g/mol. The largest absolute Gasteiger partial charge is 0.451 e. The lowest BCUT2D eigenvalue weighted by Crippen LogP contribution is -1.91. The zero-order chi connectivity index (χ0) is 12.4. The van der Waals surface area contributed by atoms with Crippen molar-refractivity contribution in [3.63, 3.8) is 0 Å². The molecule has 0 saturated carbocycles. The molecule has 0 N–H and O–H groups in total. The Morgan fingerprint density at radius 1 is 0.765 bits per heavy atom. The van der Waals surface area contributed by atoms with Crippen LogP contribution in [0.4, 0.5) is 8.78 Å². The molecule has 0 aliphatic carbocycles. The van der Waals surface area contributed by atoms with Gasteiger partial charge in [0, 0.05) is 8.95 Å². The predicted molar refractivity (Wildman–Crippen MR) is 68.3 cm³/mol. The molecule has 0 radical (unpaired) electrons. The second-order valence-corrected chi connectivity index (χ2v) is 5.08. The smallest absolute Gasteiger partial charge is 0.166 e. The van der Waals surface area contributed by atoms with Crippen LogP contribution in [0.15, 0.2) is 45.3 Å². The number of hydrogen-bond donors (Lipinski definition) is 0. The molecule has 0 amide bonds. The van der Waals surface area contributed by atoms with Gasteiger partial charge in [-0.2, -0.15) is 0 Å². The Balaban J connectivity index is 2.31. The second-order valence-electron chi connectivity index (χ2n) is 3.25. The molecule has 2 rings (SSSR count). The van der Waals surface area contributed by atoms with E-state index in [4.69, 9.17) is 4.74 Å². The molecule has 0 spiro atoms. The van der Waals surface area contributed by atoms with Crippen molar-refractivity contribution in [1.82, 2.24) is 0 Å². The first-order valence-corrected chi connectivity index (χ1v) is 6.23. The van der Waals surface area contributed by atoms with Gasteiger partial charge in [-0.3, -0.25) is 0 Å². The fourth-order valence-electron chi connectivity index (χ4n) is 1.23. The summed E-state index contributed by atoms with van der Waals surface area (Å²) < 4.78 is 33.3. The van der Waals surface area contributed by atoms with Crippen molar-refractivity contribution in [1.29, 1.82) is 0 Å². The van der Waals surface area contributed by atoms with E-state index in [1.54, 1.807) is 12.1 Å². The third kappa shape index (κ3) is 3.04. The van der Waals surface area contributed by atoms with Crippen LogP contribution in [0.25, 0.3) is 0 Å². The van der Waals surface area contributed by atoms with E-state index in [-0.39, 0.29) is 11.5 Å². The molecule has 0 aliphatic heterocycles. The summed E-state index contributed by atoms with van der Waals surface area (Å²) in [7, 11) is 0. The molecule has 0 unspecified atom stereocenters. The highest BCUT2D eigenvalue weighted by Crippen LogP contribution is 2.29. The minimum Gasteiger partial charge on any atom is -0.451 e. The first-order chi connectivity index (χ1) is 8.06. The van der Waals surface area contributed by atoms with Gasteiger partial charge in [0.05, 0.1) is 0 Å². The van der Waals surface area contributed by atoms with Crippen molar-refractivity contribution in [2.45, 2.75) is 0 Å². The Hall–Kier alpha value is -0.940. The molecule has 88 valence electrons. The van der Waals surface area contributed by atoms with Gasteiger partial charge in [-0.25, -0.2) is 8.78 Å². The van der Waals surface area contributed by atoms with Gasteiger partial charge >= 0.3 is 0 Å². The van der Waals surface area contributed by atoms with E-state index in [0.29, 0.717) is 8.95 Å². The summed E-state index contributed by atoms with van der Waals surface area (Å²) >= 11 is 6.26. The van der Waals surface area contributed by atoms with E-state index in [2.05, 4.69) is 31.9 Å². The van der Waals surface area contributed by atoms with Crippen LogP contribution in [0.2, 0.25) is 0 Å². The fourth-order valence-corrected chi connectivity index (χ4v) is 1.90. The van der Waals surface area contributed by atoms with Crippen molar-refractivity contribution in [2.75, 3.05) is 0 Å². The van der Waals surface area contributed by atoms with Crippen LogP contribution in [-0.2, 0) is 0 Å². The lowest BCUT2D eigenvalue weighted by atomic mass is 10.3. The topological polar surface area (TPSA) is 9.23 Å².